The summed E-state index contributed by atoms with van der Waals surface area (Å²) in [4.78, 5) is 2.74. The van der Waals surface area contributed by atoms with E-state index in [2.05, 4.69) is 31.0 Å². The summed E-state index contributed by atoms with van der Waals surface area (Å²) in [5.41, 5.74) is 0. The Labute approximate surface area is 88.1 Å². The topological polar surface area (TPSA) is 15.3 Å². The fourth-order valence-corrected chi connectivity index (χ4v) is 2.83. The first-order valence-electron chi connectivity index (χ1n) is 6.21. The molecule has 2 fully saturated rings. The van der Waals surface area contributed by atoms with Crippen LogP contribution in [0.15, 0.2) is 0 Å². The molecule has 0 spiro atoms. The van der Waals surface area contributed by atoms with Crippen LogP contribution in [0, 0.1) is 5.92 Å². The number of rotatable bonds is 3. The minimum absolute atomic E-state index is 0.689. The fraction of sp³-hybridized carbons (Fsp3) is 1.00. The molecule has 14 heavy (non-hydrogen) atoms. The zero-order valence-corrected chi connectivity index (χ0v) is 9.79. The highest BCUT2D eigenvalue weighted by molar-refractivity contribution is 4.99. The van der Waals surface area contributed by atoms with Crippen LogP contribution in [-0.2, 0) is 0 Å². The van der Waals surface area contributed by atoms with Crippen molar-refractivity contribution in [1.29, 1.82) is 0 Å². The molecule has 0 aromatic rings. The third kappa shape index (κ3) is 2.12. The average molecular weight is 196 g/mol. The summed E-state index contributed by atoms with van der Waals surface area (Å²) >= 11 is 0. The number of hydrogen-bond acceptors (Lipinski definition) is 2. The maximum atomic E-state index is 3.55. The minimum atomic E-state index is 0.689. The molecule has 0 aromatic carbocycles. The van der Waals surface area contributed by atoms with Crippen molar-refractivity contribution in [2.24, 2.45) is 5.92 Å². The Balaban J connectivity index is 1.84. The molecule has 1 saturated carbocycles. The molecule has 1 saturated heterocycles. The Morgan fingerprint density at radius 3 is 2.86 bits per heavy atom. The molecule has 2 nitrogen and oxygen atoms in total. The monoisotopic (exact) mass is 196 g/mol. The van der Waals surface area contributed by atoms with Crippen molar-refractivity contribution >= 4 is 0 Å². The predicted molar refractivity (Wildman–Crippen MR) is 60.4 cm³/mol. The molecule has 2 aliphatic rings. The van der Waals surface area contributed by atoms with Crippen molar-refractivity contribution in [1.82, 2.24) is 10.2 Å². The number of hydrogen-bond donors (Lipinski definition) is 1. The van der Waals surface area contributed by atoms with E-state index in [9.17, 15) is 0 Å². The van der Waals surface area contributed by atoms with Crippen LogP contribution >= 0.6 is 0 Å². The Morgan fingerprint density at radius 2 is 2.14 bits per heavy atom. The summed E-state index contributed by atoms with van der Waals surface area (Å²) in [7, 11) is 0. The van der Waals surface area contributed by atoms with E-state index in [1.807, 2.05) is 0 Å². The van der Waals surface area contributed by atoms with Gasteiger partial charge in [-0.05, 0) is 32.6 Å². The predicted octanol–water partition coefficient (Wildman–Crippen LogP) is 1.86. The summed E-state index contributed by atoms with van der Waals surface area (Å²) in [6, 6.07) is 2.36. The Morgan fingerprint density at radius 1 is 1.36 bits per heavy atom. The molecular formula is C12H24N2. The van der Waals surface area contributed by atoms with E-state index < -0.39 is 0 Å². The van der Waals surface area contributed by atoms with E-state index in [1.165, 1.54) is 32.4 Å². The van der Waals surface area contributed by atoms with E-state index in [-0.39, 0.29) is 0 Å². The molecule has 1 aliphatic carbocycles. The normalized spacial score (nSPS) is 43.9. The Kier molecular flexibility index (Phi) is 3.13. The summed E-state index contributed by atoms with van der Waals surface area (Å²) in [6.07, 6.45) is 4.26. The van der Waals surface area contributed by atoms with E-state index in [4.69, 9.17) is 0 Å². The van der Waals surface area contributed by atoms with Gasteiger partial charge in [0.1, 0.15) is 0 Å². The van der Waals surface area contributed by atoms with Gasteiger partial charge in [-0.3, -0.25) is 4.90 Å². The summed E-state index contributed by atoms with van der Waals surface area (Å²) in [6.45, 7) is 9.40. The largest absolute Gasteiger partial charge is 0.311 e. The minimum Gasteiger partial charge on any atom is -0.311 e. The fourth-order valence-electron chi connectivity index (χ4n) is 2.83. The first-order valence-corrected chi connectivity index (χ1v) is 6.21. The highest BCUT2D eigenvalue weighted by Gasteiger charge is 2.43. The highest BCUT2D eigenvalue weighted by Crippen LogP contribution is 2.40. The molecule has 0 amide bonds. The van der Waals surface area contributed by atoms with Crippen LogP contribution in [0.5, 0.6) is 0 Å². The van der Waals surface area contributed by atoms with Gasteiger partial charge in [-0.25, -0.2) is 0 Å². The van der Waals surface area contributed by atoms with Gasteiger partial charge in [-0.1, -0.05) is 13.3 Å². The van der Waals surface area contributed by atoms with Crippen LogP contribution in [0.2, 0.25) is 0 Å². The van der Waals surface area contributed by atoms with Crippen LogP contribution in [0.1, 0.15) is 40.0 Å². The van der Waals surface area contributed by atoms with Crippen molar-refractivity contribution in [2.45, 2.75) is 58.2 Å². The van der Waals surface area contributed by atoms with E-state index in [0.717, 1.165) is 18.0 Å². The molecule has 1 heterocycles. The second kappa shape index (κ2) is 4.19. The van der Waals surface area contributed by atoms with Crippen LogP contribution < -0.4 is 5.32 Å². The first-order chi connectivity index (χ1) is 6.72. The molecule has 0 bridgehead atoms. The maximum Gasteiger partial charge on any atom is 0.0196 e. The Bertz CT molecular complexity index is 193. The second-order valence-corrected chi connectivity index (χ2v) is 5.21. The van der Waals surface area contributed by atoms with Gasteiger partial charge in [-0.2, -0.15) is 0 Å². The summed E-state index contributed by atoms with van der Waals surface area (Å²) in [5, 5.41) is 3.55. The lowest BCUT2D eigenvalue weighted by atomic mass is 10.1. The summed E-state index contributed by atoms with van der Waals surface area (Å²) in [5.74, 6) is 1.02. The lowest BCUT2D eigenvalue weighted by molar-refractivity contribution is 0.130. The number of nitrogens with zero attached hydrogens (tertiary/aromatic N) is 1. The van der Waals surface area contributed by atoms with Gasteiger partial charge in [0.15, 0.2) is 0 Å². The van der Waals surface area contributed by atoms with Gasteiger partial charge in [0.25, 0.3) is 0 Å². The lowest BCUT2D eigenvalue weighted by Crippen LogP contribution is -2.55. The van der Waals surface area contributed by atoms with E-state index >= 15 is 0 Å². The van der Waals surface area contributed by atoms with E-state index in [1.54, 1.807) is 0 Å². The standard InChI is InChI=1S/C12H24N2/c1-4-5-11-6-12(11)14-8-9(2)13-7-10(14)3/h9-13H,4-8H2,1-3H3. The van der Waals surface area contributed by atoms with Gasteiger partial charge in [0.2, 0.25) is 0 Å². The second-order valence-electron chi connectivity index (χ2n) is 5.21. The van der Waals surface area contributed by atoms with E-state index in [0.29, 0.717) is 6.04 Å². The highest BCUT2D eigenvalue weighted by atomic mass is 15.3. The molecule has 2 heteroatoms. The lowest BCUT2D eigenvalue weighted by Gasteiger charge is -2.38. The summed E-state index contributed by atoms with van der Waals surface area (Å²) < 4.78 is 0. The van der Waals surface area contributed by atoms with Crippen LogP contribution in [-0.4, -0.2) is 36.1 Å². The third-order valence-corrected chi connectivity index (χ3v) is 3.78. The molecule has 4 atom stereocenters. The van der Waals surface area contributed by atoms with Gasteiger partial charge >= 0.3 is 0 Å². The zero-order valence-electron chi connectivity index (χ0n) is 9.79. The van der Waals surface area contributed by atoms with Gasteiger partial charge < -0.3 is 5.32 Å². The van der Waals surface area contributed by atoms with Crippen molar-refractivity contribution in [3.05, 3.63) is 0 Å². The molecule has 4 unspecified atom stereocenters. The van der Waals surface area contributed by atoms with Crippen molar-refractivity contribution < 1.29 is 0 Å². The SMILES string of the molecule is CCCC1CC1N1CC(C)NCC1C. The molecule has 0 radical (unpaired) electrons. The smallest absolute Gasteiger partial charge is 0.0196 e. The Hall–Kier alpha value is -0.0800. The molecular weight excluding hydrogens is 172 g/mol. The van der Waals surface area contributed by atoms with Gasteiger partial charge in [-0.15, -0.1) is 0 Å². The first kappa shape index (κ1) is 10.4. The molecule has 1 aliphatic heterocycles. The van der Waals surface area contributed by atoms with Crippen molar-refractivity contribution in [2.75, 3.05) is 13.1 Å². The van der Waals surface area contributed by atoms with Gasteiger partial charge in [0, 0.05) is 31.2 Å². The molecule has 2 rings (SSSR count). The van der Waals surface area contributed by atoms with Crippen LogP contribution in [0.25, 0.3) is 0 Å². The van der Waals surface area contributed by atoms with Gasteiger partial charge in [0.05, 0.1) is 0 Å². The molecule has 82 valence electrons. The van der Waals surface area contributed by atoms with Crippen molar-refractivity contribution in [3.8, 4) is 0 Å². The maximum absolute atomic E-state index is 3.55. The zero-order chi connectivity index (χ0) is 10.1. The quantitative estimate of drug-likeness (QED) is 0.741. The van der Waals surface area contributed by atoms with Crippen molar-refractivity contribution in [3.63, 3.8) is 0 Å². The van der Waals surface area contributed by atoms with Crippen LogP contribution in [0.4, 0.5) is 0 Å². The van der Waals surface area contributed by atoms with Crippen LogP contribution in [0.3, 0.4) is 0 Å². The third-order valence-electron chi connectivity index (χ3n) is 3.78. The number of nitrogens with one attached hydrogen (secondary N) is 1. The number of piperazine rings is 1. The average Bonchev–Trinajstić information content (AvgIpc) is 2.89. The molecule has 1 N–H and O–H groups in total. The molecule has 0 aromatic heterocycles.